The average molecular weight is 267 g/mol. The van der Waals surface area contributed by atoms with Crippen LogP contribution in [0.1, 0.15) is 78.1 Å². The van der Waals surface area contributed by atoms with Crippen molar-refractivity contribution in [2.45, 2.75) is 78.1 Å². The minimum absolute atomic E-state index is 0.0621. The number of carbonyl (C=O) groups is 2. The lowest BCUT2D eigenvalue weighted by Gasteiger charge is -2.06. The minimum atomic E-state index is 0.0621. The number of carbonyl (C=O) groups excluding carboxylic acids is 2. The van der Waals surface area contributed by atoms with E-state index < -0.39 is 0 Å². The SMILES string of the molecule is CCNC(=O)CCCCCCCCC(=O)C1(C)CC1. The van der Waals surface area contributed by atoms with Gasteiger partial charge in [0.1, 0.15) is 5.78 Å². The molecule has 1 fully saturated rings. The third kappa shape index (κ3) is 6.74. The van der Waals surface area contributed by atoms with Gasteiger partial charge in [0.2, 0.25) is 5.91 Å². The molecule has 0 bridgehead atoms. The highest BCUT2D eigenvalue weighted by Gasteiger charge is 2.43. The van der Waals surface area contributed by atoms with E-state index in [9.17, 15) is 9.59 Å². The molecule has 19 heavy (non-hydrogen) atoms. The van der Waals surface area contributed by atoms with Crippen LogP contribution >= 0.6 is 0 Å². The van der Waals surface area contributed by atoms with Crippen molar-refractivity contribution in [1.82, 2.24) is 5.32 Å². The average Bonchev–Trinajstić information content (AvgIpc) is 3.12. The first-order valence-corrected chi connectivity index (χ1v) is 7.88. The summed E-state index contributed by atoms with van der Waals surface area (Å²) in [5, 5.41) is 2.81. The van der Waals surface area contributed by atoms with Crippen LogP contribution in [0.15, 0.2) is 0 Å². The molecule has 1 rings (SSSR count). The third-order valence-corrected chi connectivity index (χ3v) is 4.10. The zero-order valence-corrected chi connectivity index (χ0v) is 12.6. The first-order valence-electron chi connectivity index (χ1n) is 7.88. The van der Waals surface area contributed by atoms with Crippen molar-refractivity contribution >= 4 is 11.7 Å². The van der Waals surface area contributed by atoms with Crippen molar-refractivity contribution in [3.8, 4) is 0 Å². The predicted molar refractivity (Wildman–Crippen MR) is 78.0 cm³/mol. The maximum atomic E-state index is 11.8. The number of hydrogen-bond donors (Lipinski definition) is 1. The first kappa shape index (κ1) is 16.2. The van der Waals surface area contributed by atoms with E-state index in [-0.39, 0.29) is 11.3 Å². The van der Waals surface area contributed by atoms with Gasteiger partial charge >= 0.3 is 0 Å². The van der Waals surface area contributed by atoms with E-state index in [1.165, 1.54) is 12.8 Å². The molecule has 0 atom stereocenters. The lowest BCUT2D eigenvalue weighted by molar-refractivity contribution is -0.123. The van der Waals surface area contributed by atoms with E-state index in [0.717, 1.165) is 51.5 Å². The molecule has 0 aromatic carbocycles. The molecule has 1 N–H and O–H groups in total. The molecular formula is C16H29NO2. The Morgan fingerprint density at radius 1 is 0.947 bits per heavy atom. The maximum Gasteiger partial charge on any atom is 0.219 e. The van der Waals surface area contributed by atoms with Crippen LogP contribution in [0, 0.1) is 5.41 Å². The largest absolute Gasteiger partial charge is 0.356 e. The monoisotopic (exact) mass is 267 g/mol. The highest BCUT2D eigenvalue weighted by atomic mass is 16.1. The van der Waals surface area contributed by atoms with Gasteiger partial charge in [0, 0.05) is 24.8 Å². The number of nitrogens with one attached hydrogen (secondary N) is 1. The van der Waals surface area contributed by atoms with Crippen LogP contribution in [0.3, 0.4) is 0 Å². The van der Waals surface area contributed by atoms with Crippen LogP contribution in [-0.4, -0.2) is 18.2 Å². The predicted octanol–water partition coefficient (Wildman–Crippen LogP) is 3.61. The smallest absolute Gasteiger partial charge is 0.219 e. The van der Waals surface area contributed by atoms with Crippen LogP contribution in [0.2, 0.25) is 0 Å². The second kappa shape index (κ2) is 8.34. The Labute approximate surface area is 117 Å². The van der Waals surface area contributed by atoms with Gasteiger partial charge in [-0.3, -0.25) is 9.59 Å². The van der Waals surface area contributed by atoms with E-state index in [2.05, 4.69) is 12.2 Å². The molecule has 1 saturated carbocycles. The number of Topliss-reactive ketones (excluding diaryl/α,β-unsaturated/α-hetero) is 1. The Bertz CT molecular complexity index is 295. The molecule has 3 nitrogen and oxygen atoms in total. The summed E-state index contributed by atoms with van der Waals surface area (Å²) in [4.78, 5) is 23.0. The van der Waals surface area contributed by atoms with Crippen molar-refractivity contribution in [3.05, 3.63) is 0 Å². The van der Waals surface area contributed by atoms with Crippen molar-refractivity contribution in [2.24, 2.45) is 5.41 Å². The van der Waals surface area contributed by atoms with Gasteiger partial charge in [-0.25, -0.2) is 0 Å². The molecule has 110 valence electrons. The molecule has 0 saturated heterocycles. The van der Waals surface area contributed by atoms with Gasteiger partial charge < -0.3 is 5.32 Å². The second-order valence-electron chi connectivity index (χ2n) is 6.06. The number of ketones is 1. The van der Waals surface area contributed by atoms with E-state index in [1.807, 2.05) is 6.92 Å². The zero-order chi connectivity index (χ0) is 14.1. The topological polar surface area (TPSA) is 46.2 Å². The fourth-order valence-electron chi connectivity index (χ4n) is 2.33. The lowest BCUT2D eigenvalue weighted by Crippen LogP contribution is -2.21. The number of unbranched alkanes of at least 4 members (excludes halogenated alkanes) is 5. The Morgan fingerprint density at radius 3 is 2.00 bits per heavy atom. The van der Waals surface area contributed by atoms with Gasteiger partial charge in [0.15, 0.2) is 0 Å². The molecule has 1 amide bonds. The molecule has 0 heterocycles. The summed E-state index contributed by atoms with van der Waals surface area (Å²) in [6, 6.07) is 0. The highest BCUT2D eigenvalue weighted by molar-refractivity contribution is 5.86. The van der Waals surface area contributed by atoms with Crippen LogP contribution in [0.4, 0.5) is 0 Å². The van der Waals surface area contributed by atoms with Gasteiger partial charge in [0.05, 0.1) is 0 Å². The molecule has 1 aliphatic carbocycles. The van der Waals surface area contributed by atoms with E-state index >= 15 is 0 Å². The second-order valence-corrected chi connectivity index (χ2v) is 6.06. The van der Waals surface area contributed by atoms with Gasteiger partial charge in [-0.2, -0.15) is 0 Å². The van der Waals surface area contributed by atoms with Crippen LogP contribution in [0.5, 0.6) is 0 Å². The quantitative estimate of drug-likeness (QED) is 0.581. The summed E-state index contributed by atoms with van der Waals surface area (Å²) in [6.45, 7) is 4.77. The Balaban J connectivity index is 1.83. The van der Waals surface area contributed by atoms with Gasteiger partial charge in [0.25, 0.3) is 0 Å². The van der Waals surface area contributed by atoms with E-state index in [0.29, 0.717) is 12.2 Å². The number of rotatable bonds is 11. The van der Waals surface area contributed by atoms with Crippen LogP contribution in [-0.2, 0) is 9.59 Å². The summed E-state index contributed by atoms with van der Waals surface area (Å²) in [5.74, 6) is 0.648. The summed E-state index contributed by atoms with van der Waals surface area (Å²) in [5.41, 5.74) is 0.0621. The van der Waals surface area contributed by atoms with Crippen molar-refractivity contribution in [3.63, 3.8) is 0 Å². The standard InChI is InChI=1S/C16H29NO2/c1-3-17-15(19)11-9-7-5-4-6-8-10-14(18)16(2)12-13-16/h3-13H2,1-2H3,(H,17,19). The zero-order valence-electron chi connectivity index (χ0n) is 12.6. The van der Waals surface area contributed by atoms with Crippen molar-refractivity contribution < 1.29 is 9.59 Å². The van der Waals surface area contributed by atoms with Gasteiger partial charge in [-0.15, -0.1) is 0 Å². The van der Waals surface area contributed by atoms with Crippen molar-refractivity contribution in [2.75, 3.05) is 6.54 Å². The summed E-state index contributed by atoms with van der Waals surface area (Å²) < 4.78 is 0. The lowest BCUT2D eigenvalue weighted by atomic mass is 9.98. The fraction of sp³-hybridized carbons (Fsp3) is 0.875. The molecular weight excluding hydrogens is 238 g/mol. The minimum Gasteiger partial charge on any atom is -0.356 e. The summed E-state index contributed by atoms with van der Waals surface area (Å²) >= 11 is 0. The maximum absolute atomic E-state index is 11.8. The molecule has 0 spiro atoms. The third-order valence-electron chi connectivity index (χ3n) is 4.10. The number of hydrogen-bond acceptors (Lipinski definition) is 2. The number of amides is 1. The molecule has 0 aromatic heterocycles. The van der Waals surface area contributed by atoms with Crippen molar-refractivity contribution in [1.29, 1.82) is 0 Å². The van der Waals surface area contributed by atoms with Gasteiger partial charge in [-0.1, -0.05) is 32.6 Å². The molecule has 0 aliphatic heterocycles. The summed E-state index contributed by atoms with van der Waals surface area (Å²) in [7, 11) is 0. The molecule has 0 radical (unpaired) electrons. The summed E-state index contributed by atoms with van der Waals surface area (Å²) in [6.07, 6.45) is 10.3. The fourth-order valence-corrected chi connectivity index (χ4v) is 2.33. The Hall–Kier alpha value is -0.860. The van der Waals surface area contributed by atoms with Gasteiger partial charge in [-0.05, 0) is 32.6 Å². The normalized spacial score (nSPS) is 16.1. The Kier molecular flexibility index (Phi) is 7.11. The molecule has 0 aromatic rings. The van der Waals surface area contributed by atoms with E-state index in [4.69, 9.17) is 0 Å². The molecule has 3 heteroatoms. The highest BCUT2D eigenvalue weighted by Crippen LogP contribution is 2.46. The first-order chi connectivity index (χ1) is 9.08. The molecule has 1 aliphatic rings. The van der Waals surface area contributed by atoms with Crippen LogP contribution in [0.25, 0.3) is 0 Å². The van der Waals surface area contributed by atoms with Crippen LogP contribution < -0.4 is 5.32 Å². The molecule has 0 unspecified atom stereocenters. The van der Waals surface area contributed by atoms with E-state index in [1.54, 1.807) is 0 Å². The Morgan fingerprint density at radius 2 is 1.47 bits per heavy atom.